The summed E-state index contributed by atoms with van der Waals surface area (Å²) in [6.45, 7) is 5.37. The van der Waals surface area contributed by atoms with Gasteiger partial charge in [0.1, 0.15) is 5.75 Å². The zero-order valence-corrected chi connectivity index (χ0v) is 16.6. The Bertz CT molecular complexity index is 1000. The van der Waals surface area contributed by atoms with Crippen LogP contribution in [0.1, 0.15) is 22.3 Å². The number of para-hydroxylation sites is 1. The van der Waals surface area contributed by atoms with Crippen molar-refractivity contribution in [1.29, 1.82) is 0 Å². The van der Waals surface area contributed by atoms with E-state index in [4.69, 9.17) is 0 Å². The van der Waals surface area contributed by atoms with Crippen LogP contribution in [-0.4, -0.2) is 47.1 Å². The standard InChI is InChI=1S/C24H25N3O2/c1-18-6-2-3-9-23(18)26-12-5-13-27(15-14-26)24(29)20-8-4-7-19(16-20)22-11-10-21(28)17-25-22/h2-4,6-11,16-17,28H,5,12-15H2,1H3. The third-order valence-corrected chi connectivity index (χ3v) is 5.39. The number of aryl methyl sites for hydroxylation is 1. The Morgan fingerprint density at radius 2 is 1.83 bits per heavy atom. The zero-order valence-electron chi connectivity index (χ0n) is 16.6. The van der Waals surface area contributed by atoms with E-state index in [2.05, 4.69) is 41.1 Å². The van der Waals surface area contributed by atoms with Crippen molar-refractivity contribution in [2.24, 2.45) is 0 Å². The van der Waals surface area contributed by atoms with Crippen LogP contribution < -0.4 is 4.90 Å². The van der Waals surface area contributed by atoms with E-state index in [1.807, 2.05) is 29.2 Å². The lowest BCUT2D eigenvalue weighted by atomic mass is 10.1. The molecule has 29 heavy (non-hydrogen) atoms. The number of aromatic hydroxyl groups is 1. The molecule has 1 aromatic heterocycles. The number of anilines is 1. The minimum absolute atomic E-state index is 0.0530. The van der Waals surface area contributed by atoms with Crippen molar-refractivity contribution in [1.82, 2.24) is 9.88 Å². The predicted molar refractivity (Wildman–Crippen MR) is 115 cm³/mol. The van der Waals surface area contributed by atoms with Gasteiger partial charge in [0.2, 0.25) is 0 Å². The van der Waals surface area contributed by atoms with Crippen LogP contribution in [0.15, 0.2) is 66.9 Å². The van der Waals surface area contributed by atoms with E-state index < -0.39 is 0 Å². The van der Waals surface area contributed by atoms with Crippen molar-refractivity contribution in [3.63, 3.8) is 0 Å². The second-order valence-corrected chi connectivity index (χ2v) is 7.40. The summed E-state index contributed by atoms with van der Waals surface area (Å²) in [5, 5.41) is 9.44. The van der Waals surface area contributed by atoms with Gasteiger partial charge in [0.15, 0.2) is 0 Å². The Morgan fingerprint density at radius 3 is 2.62 bits per heavy atom. The van der Waals surface area contributed by atoms with Crippen LogP contribution in [0.4, 0.5) is 5.69 Å². The summed E-state index contributed by atoms with van der Waals surface area (Å²) >= 11 is 0. The van der Waals surface area contributed by atoms with Gasteiger partial charge in [-0.2, -0.15) is 0 Å². The van der Waals surface area contributed by atoms with E-state index in [-0.39, 0.29) is 11.7 Å². The van der Waals surface area contributed by atoms with Crippen LogP contribution in [0.2, 0.25) is 0 Å². The first-order chi connectivity index (χ1) is 14.1. The fraction of sp³-hybridized carbons (Fsp3) is 0.250. The van der Waals surface area contributed by atoms with Crippen LogP contribution in [0, 0.1) is 6.92 Å². The van der Waals surface area contributed by atoms with Gasteiger partial charge in [0, 0.05) is 43.0 Å². The van der Waals surface area contributed by atoms with Gasteiger partial charge in [-0.15, -0.1) is 0 Å². The summed E-state index contributed by atoms with van der Waals surface area (Å²) in [7, 11) is 0. The second kappa shape index (κ2) is 8.35. The fourth-order valence-electron chi connectivity index (χ4n) is 3.83. The minimum atomic E-state index is 0.0530. The molecule has 1 aliphatic heterocycles. The summed E-state index contributed by atoms with van der Waals surface area (Å²) in [5.41, 5.74) is 4.79. The number of aromatic nitrogens is 1. The molecule has 0 unspecified atom stereocenters. The van der Waals surface area contributed by atoms with E-state index in [1.165, 1.54) is 17.4 Å². The first-order valence-corrected chi connectivity index (χ1v) is 9.97. The molecule has 2 heterocycles. The van der Waals surface area contributed by atoms with Gasteiger partial charge in [0.25, 0.3) is 5.91 Å². The molecule has 1 N–H and O–H groups in total. The molecule has 0 spiro atoms. The summed E-state index contributed by atoms with van der Waals surface area (Å²) in [4.78, 5) is 21.7. The molecule has 5 heteroatoms. The van der Waals surface area contributed by atoms with Crippen LogP contribution >= 0.6 is 0 Å². The van der Waals surface area contributed by atoms with E-state index in [1.54, 1.807) is 12.1 Å². The largest absolute Gasteiger partial charge is 0.506 e. The molecule has 4 rings (SSSR count). The van der Waals surface area contributed by atoms with Gasteiger partial charge in [-0.1, -0.05) is 30.3 Å². The Balaban J connectivity index is 1.49. The number of carbonyl (C=O) groups excluding carboxylic acids is 1. The average Bonchev–Trinajstić information content (AvgIpc) is 3.00. The number of hydrogen-bond donors (Lipinski definition) is 1. The monoisotopic (exact) mass is 387 g/mol. The van der Waals surface area contributed by atoms with Gasteiger partial charge in [-0.05, 0) is 49.2 Å². The van der Waals surface area contributed by atoms with Gasteiger partial charge >= 0.3 is 0 Å². The number of pyridine rings is 1. The van der Waals surface area contributed by atoms with Crippen molar-refractivity contribution < 1.29 is 9.90 Å². The van der Waals surface area contributed by atoms with Crippen LogP contribution in [0.3, 0.4) is 0 Å². The van der Waals surface area contributed by atoms with Gasteiger partial charge in [0.05, 0.1) is 11.9 Å². The zero-order chi connectivity index (χ0) is 20.2. The lowest BCUT2D eigenvalue weighted by molar-refractivity contribution is 0.0767. The van der Waals surface area contributed by atoms with Crippen LogP contribution in [0.5, 0.6) is 5.75 Å². The molecule has 1 aliphatic rings. The molecule has 148 valence electrons. The maximum atomic E-state index is 13.1. The number of benzene rings is 2. The predicted octanol–water partition coefficient (Wildman–Crippen LogP) is 4.12. The van der Waals surface area contributed by atoms with E-state index in [9.17, 15) is 9.90 Å². The van der Waals surface area contributed by atoms with Crippen LogP contribution in [-0.2, 0) is 0 Å². The molecule has 2 aromatic carbocycles. The lowest BCUT2D eigenvalue weighted by Crippen LogP contribution is -2.35. The Kier molecular flexibility index (Phi) is 5.47. The summed E-state index contributed by atoms with van der Waals surface area (Å²) in [6, 6.07) is 19.3. The highest BCUT2D eigenvalue weighted by Gasteiger charge is 2.21. The summed E-state index contributed by atoms with van der Waals surface area (Å²) in [6.07, 6.45) is 2.36. The van der Waals surface area contributed by atoms with Gasteiger partial charge in [-0.3, -0.25) is 9.78 Å². The van der Waals surface area contributed by atoms with Crippen molar-refractivity contribution in [3.05, 3.63) is 78.0 Å². The molecular formula is C24H25N3O2. The Hall–Kier alpha value is -3.34. The highest BCUT2D eigenvalue weighted by atomic mass is 16.3. The molecular weight excluding hydrogens is 362 g/mol. The minimum Gasteiger partial charge on any atom is -0.506 e. The number of rotatable bonds is 3. The Morgan fingerprint density at radius 1 is 0.966 bits per heavy atom. The molecule has 0 atom stereocenters. The lowest BCUT2D eigenvalue weighted by Gasteiger charge is -2.25. The molecule has 5 nitrogen and oxygen atoms in total. The topological polar surface area (TPSA) is 56.7 Å². The van der Waals surface area contributed by atoms with Gasteiger partial charge in [-0.25, -0.2) is 0 Å². The maximum absolute atomic E-state index is 13.1. The normalized spacial score (nSPS) is 14.5. The summed E-state index contributed by atoms with van der Waals surface area (Å²) < 4.78 is 0. The smallest absolute Gasteiger partial charge is 0.253 e. The number of nitrogens with zero attached hydrogens (tertiary/aromatic N) is 3. The molecule has 0 saturated carbocycles. The highest BCUT2D eigenvalue weighted by Crippen LogP contribution is 2.23. The molecule has 0 bridgehead atoms. The fourth-order valence-corrected chi connectivity index (χ4v) is 3.83. The third kappa shape index (κ3) is 4.24. The molecule has 3 aromatic rings. The number of carbonyl (C=O) groups is 1. The summed E-state index contributed by atoms with van der Waals surface area (Å²) in [5.74, 6) is 0.181. The molecule has 1 fully saturated rings. The third-order valence-electron chi connectivity index (χ3n) is 5.39. The van der Waals surface area contributed by atoms with Crippen molar-refractivity contribution in [2.75, 3.05) is 31.1 Å². The first-order valence-electron chi connectivity index (χ1n) is 9.97. The van der Waals surface area contributed by atoms with E-state index in [0.717, 1.165) is 37.3 Å². The highest BCUT2D eigenvalue weighted by molar-refractivity contribution is 5.95. The van der Waals surface area contributed by atoms with E-state index >= 15 is 0 Å². The maximum Gasteiger partial charge on any atom is 0.253 e. The number of hydrogen-bond acceptors (Lipinski definition) is 4. The SMILES string of the molecule is Cc1ccccc1N1CCCN(C(=O)c2cccc(-c3ccc(O)cn3)c2)CC1. The van der Waals surface area contributed by atoms with Crippen molar-refractivity contribution in [3.8, 4) is 17.0 Å². The van der Waals surface area contributed by atoms with Crippen LogP contribution in [0.25, 0.3) is 11.3 Å². The van der Waals surface area contributed by atoms with Gasteiger partial charge < -0.3 is 14.9 Å². The number of amides is 1. The molecule has 0 radical (unpaired) electrons. The van der Waals surface area contributed by atoms with E-state index in [0.29, 0.717) is 12.1 Å². The van der Waals surface area contributed by atoms with Crippen molar-refractivity contribution in [2.45, 2.75) is 13.3 Å². The Labute approximate surface area is 171 Å². The average molecular weight is 387 g/mol. The second-order valence-electron chi connectivity index (χ2n) is 7.40. The molecule has 0 aliphatic carbocycles. The van der Waals surface area contributed by atoms with Crippen molar-refractivity contribution >= 4 is 11.6 Å². The molecule has 1 saturated heterocycles. The quantitative estimate of drug-likeness (QED) is 0.735. The molecule has 1 amide bonds. The first kappa shape index (κ1) is 19.0.